The standard InChI is InChI=1S/C17H29N5O2.2ClH/c1-3-14-19-15(24-20-14)13(2)21-9-11-22(12-10-21)16(23)17(18)7-5-4-6-8-17;;/h13H,3-12,18H2,1-2H3;2*1H. The van der Waals surface area contributed by atoms with Gasteiger partial charge in [-0.05, 0) is 19.8 Å². The molecule has 7 nitrogen and oxygen atoms in total. The molecule has 0 aromatic carbocycles. The Bertz CT molecular complexity index is 569. The third-order valence-corrected chi connectivity index (χ3v) is 5.48. The van der Waals surface area contributed by atoms with E-state index >= 15 is 0 Å². The Hall–Kier alpha value is -0.890. The van der Waals surface area contributed by atoms with Gasteiger partial charge in [-0.2, -0.15) is 4.98 Å². The van der Waals surface area contributed by atoms with Crippen LogP contribution in [0.4, 0.5) is 0 Å². The fraction of sp³-hybridized carbons (Fsp3) is 0.824. The summed E-state index contributed by atoms with van der Waals surface area (Å²) in [4.78, 5) is 21.5. The molecule has 1 aliphatic heterocycles. The van der Waals surface area contributed by atoms with Gasteiger partial charge in [-0.15, -0.1) is 24.8 Å². The Morgan fingerprint density at radius 3 is 2.35 bits per heavy atom. The number of nitrogens with two attached hydrogens (primary N) is 1. The van der Waals surface area contributed by atoms with E-state index in [0.717, 1.165) is 64.1 Å². The Morgan fingerprint density at radius 1 is 1.19 bits per heavy atom. The highest BCUT2D eigenvalue weighted by atomic mass is 35.5. The van der Waals surface area contributed by atoms with Crippen molar-refractivity contribution in [2.75, 3.05) is 26.2 Å². The summed E-state index contributed by atoms with van der Waals surface area (Å²) in [5.41, 5.74) is 5.77. The Kier molecular flexibility index (Phi) is 8.79. The van der Waals surface area contributed by atoms with Crippen LogP contribution >= 0.6 is 24.8 Å². The van der Waals surface area contributed by atoms with Crippen LogP contribution in [0.25, 0.3) is 0 Å². The van der Waals surface area contributed by atoms with E-state index in [9.17, 15) is 4.79 Å². The lowest BCUT2D eigenvalue weighted by molar-refractivity contribution is -0.140. The van der Waals surface area contributed by atoms with Gasteiger partial charge in [-0.1, -0.05) is 31.3 Å². The van der Waals surface area contributed by atoms with E-state index in [0.29, 0.717) is 5.89 Å². The number of aryl methyl sites for hydroxylation is 1. The van der Waals surface area contributed by atoms with Crippen LogP contribution in [-0.2, 0) is 11.2 Å². The molecule has 0 radical (unpaired) electrons. The van der Waals surface area contributed by atoms with Crippen LogP contribution in [0.15, 0.2) is 4.52 Å². The average molecular weight is 408 g/mol. The lowest BCUT2D eigenvalue weighted by atomic mass is 9.81. The van der Waals surface area contributed by atoms with Crippen molar-refractivity contribution >= 4 is 30.7 Å². The molecule has 0 bridgehead atoms. The third kappa shape index (κ3) is 4.88. The summed E-state index contributed by atoms with van der Waals surface area (Å²) in [5, 5.41) is 3.97. The minimum absolute atomic E-state index is 0. The molecule has 2 heterocycles. The van der Waals surface area contributed by atoms with E-state index in [4.69, 9.17) is 10.3 Å². The van der Waals surface area contributed by atoms with Gasteiger partial charge in [-0.3, -0.25) is 9.69 Å². The van der Waals surface area contributed by atoms with E-state index in [1.807, 2.05) is 11.8 Å². The first-order chi connectivity index (χ1) is 11.5. The first-order valence-electron chi connectivity index (χ1n) is 9.18. The molecular weight excluding hydrogens is 377 g/mol. The summed E-state index contributed by atoms with van der Waals surface area (Å²) < 4.78 is 5.35. The molecule has 1 aliphatic carbocycles. The SMILES string of the molecule is CCc1noc(C(C)N2CCN(C(=O)C3(N)CCCCC3)CC2)n1.Cl.Cl. The van der Waals surface area contributed by atoms with Crippen molar-refractivity contribution in [3.05, 3.63) is 11.7 Å². The van der Waals surface area contributed by atoms with E-state index in [1.54, 1.807) is 0 Å². The molecule has 0 spiro atoms. The van der Waals surface area contributed by atoms with Crippen molar-refractivity contribution in [1.82, 2.24) is 19.9 Å². The third-order valence-electron chi connectivity index (χ3n) is 5.48. The summed E-state index contributed by atoms with van der Waals surface area (Å²) >= 11 is 0. The molecule has 2 N–H and O–H groups in total. The summed E-state index contributed by atoms with van der Waals surface area (Å²) in [5.74, 6) is 1.54. The predicted octanol–water partition coefficient (Wildman–Crippen LogP) is 2.34. The molecule has 1 aromatic rings. The minimum atomic E-state index is -0.630. The summed E-state index contributed by atoms with van der Waals surface area (Å²) in [6, 6.07) is 0.0802. The quantitative estimate of drug-likeness (QED) is 0.823. The normalized spacial score (nSPS) is 21.4. The lowest BCUT2D eigenvalue weighted by Crippen LogP contribution is -2.60. The van der Waals surface area contributed by atoms with Gasteiger partial charge in [0, 0.05) is 32.6 Å². The average Bonchev–Trinajstić information content (AvgIpc) is 3.10. The highest BCUT2D eigenvalue weighted by Crippen LogP contribution is 2.28. The molecular formula is C17H31Cl2N5O2. The molecule has 1 saturated heterocycles. The number of piperazine rings is 1. The predicted molar refractivity (Wildman–Crippen MR) is 105 cm³/mol. The van der Waals surface area contributed by atoms with Crippen molar-refractivity contribution < 1.29 is 9.32 Å². The van der Waals surface area contributed by atoms with Crippen LogP contribution in [0.1, 0.15) is 63.7 Å². The minimum Gasteiger partial charge on any atom is -0.339 e. The number of amides is 1. The first-order valence-corrected chi connectivity index (χ1v) is 9.18. The van der Waals surface area contributed by atoms with E-state index < -0.39 is 5.54 Å². The maximum Gasteiger partial charge on any atom is 0.243 e. The number of carbonyl (C=O) groups excluding carboxylic acids is 1. The van der Waals surface area contributed by atoms with Crippen molar-refractivity contribution in [2.24, 2.45) is 5.73 Å². The monoisotopic (exact) mass is 407 g/mol. The second-order valence-electron chi connectivity index (χ2n) is 7.12. The van der Waals surface area contributed by atoms with Crippen LogP contribution in [0.2, 0.25) is 0 Å². The lowest BCUT2D eigenvalue weighted by Gasteiger charge is -2.42. The Morgan fingerprint density at radius 2 is 1.81 bits per heavy atom. The Labute approximate surface area is 167 Å². The van der Waals surface area contributed by atoms with Crippen LogP contribution in [0, 0.1) is 0 Å². The van der Waals surface area contributed by atoms with Crippen LogP contribution in [-0.4, -0.2) is 57.6 Å². The molecule has 1 atom stereocenters. The molecule has 1 aromatic heterocycles. The smallest absolute Gasteiger partial charge is 0.243 e. The second kappa shape index (κ2) is 9.88. The number of halogens is 2. The zero-order chi connectivity index (χ0) is 17.2. The van der Waals surface area contributed by atoms with Crippen molar-refractivity contribution in [2.45, 2.75) is 64.0 Å². The zero-order valence-electron chi connectivity index (χ0n) is 15.6. The molecule has 3 rings (SSSR count). The highest BCUT2D eigenvalue weighted by Gasteiger charge is 2.39. The molecule has 1 saturated carbocycles. The van der Waals surface area contributed by atoms with Crippen LogP contribution in [0.3, 0.4) is 0 Å². The van der Waals surface area contributed by atoms with Crippen molar-refractivity contribution in [3.63, 3.8) is 0 Å². The van der Waals surface area contributed by atoms with Crippen LogP contribution in [0.5, 0.6) is 0 Å². The van der Waals surface area contributed by atoms with Gasteiger partial charge < -0.3 is 15.2 Å². The molecule has 1 amide bonds. The van der Waals surface area contributed by atoms with Gasteiger partial charge in [-0.25, -0.2) is 0 Å². The topological polar surface area (TPSA) is 88.5 Å². The maximum absolute atomic E-state index is 12.8. The van der Waals surface area contributed by atoms with Gasteiger partial charge >= 0.3 is 0 Å². The second-order valence-corrected chi connectivity index (χ2v) is 7.12. The van der Waals surface area contributed by atoms with Gasteiger partial charge in [0.05, 0.1) is 11.6 Å². The van der Waals surface area contributed by atoms with E-state index in [-0.39, 0.29) is 36.8 Å². The van der Waals surface area contributed by atoms with Gasteiger partial charge in [0.25, 0.3) is 0 Å². The number of aromatic nitrogens is 2. The number of nitrogens with zero attached hydrogens (tertiary/aromatic N) is 4. The number of rotatable bonds is 4. The summed E-state index contributed by atoms with van der Waals surface area (Å²) in [7, 11) is 0. The van der Waals surface area contributed by atoms with Crippen molar-refractivity contribution in [1.29, 1.82) is 0 Å². The largest absolute Gasteiger partial charge is 0.339 e. The first kappa shape index (κ1) is 23.1. The maximum atomic E-state index is 12.8. The molecule has 1 unspecified atom stereocenters. The fourth-order valence-electron chi connectivity index (χ4n) is 3.76. The van der Waals surface area contributed by atoms with E-state index in [1.165, 1.54) is 6.42 Å². The molecule has 2 fully saturated rings. The zero-order valence-corrected chi connectivity index (χ0v) is 17.3. The molecule has 2 aliphatic rings. The van der Waals surface area contributed by atoms with Crippen molar-refractivity contribution in [3.8, 4) is 0 Å². The van der Waals surface area contributed by atoms with Crippen LogP contribution < -0.4 is 5.73 Å². The van der Waals surface area contributed by atoms with Gasteiger partial charge in [0.2, 0.25) is 11.8 Å². The molecule has 150 valence electrons. The van der Waals surface area contributed by atoms with E-state index in [2.05, 4.69) is 22.0 Å². The number of hydrogen-bond acceptors (Lipinski definition) is 6. The summed E-state index contributed by atoms with van der Waals surface area (Å²) in [6.07, 6.45) is 5.75. The highest BCUT2D eigenvalue weighted by molar-refractivity contribution is 5.86. The molecule has 26 heavy (non-hydrogen) atoms. The molecule has 9 heteroatoms. The fourth-order valence-corrected chi connectivity index (χ4v) is 3.76. The Balaban J connectivity index is 0.00000169. The van der Waals surface area contributed by atoms with Gasteiger partial charge in [0.1, 0.15) is 0 Å². The number of hydrogen-bond donors (Lipinski definition) is 1. The van der Waals surface area contributed by atoms with Gasteiger partial charge in [0.15, 0.2) is 5.82 Å². The number of carbonyl (C=O) groups is 1. The summed E-state index contributed by atoms with van der Waals surface area (Å²) in [6.45, 7) is 7.15.